The number of aliphatic hydroxyl groups is 5. The van der Waals surface area contributed by atoms with Crippen molar-refractivity contribution in [2.24, 2.45) is 0 Å². The summed E-state index contributed by atoms with van der Waals surface area (Å²) in [5, 5.41) is 57.5. The quantitative estimate of drug-likeness (QED) is 0.0195. The predicted octanol–water partition coefficient (Wildman–Crippen LogP) is 22.1. The molecule has 1 amide bonds. The zero-order chi connectivity index (χ0) is 67.4. The Morgan fingerprint density at radius 3 is 1.04 bits per heavy atom. The molecule has 8 atom stereocenters. The summed E-state index contributed by atoms with van der Waals surface area (Å²) in [5.41, 5.74) is 0. The summed E-state index contributed by atoms with van der Waals surface area (Å²) in [4.78, 5) is 26.8. The summed E-state index contributed by atoms with van der Waals surface area (Å²) in [6, 6.07) is -1.02. The molecule has 1 aliphatic rings. The molecular weight excluding hydrogens is 1160 g/mol. The van der Waals surface area contributed by atoms with E-state index in [1.54, 1.807) is 6.08 Å². The van der Waals surface area contributed by atoms with E-state index in [-0.39, 0.29) is 13.0 Å². The largest absolute Gasteiger partial charge is 0.454 e. The maximum atomic E-state index is 13.5. The third-order valence-corrected chi connectivity index (χ3v) is 19.5. The predicted molar refractivity (Wildman–Crippen MR) is 394 cm³/mol. The van der Waals surface area contributed by atoms with Crippen molar-refractivity contribution in [2.75, 3.05) is 13.2 Å². The maximum absolute atomic E-state index is 13.5. The number of hydrogen-bond acceptors (Lipinski definition) is 10. The van der Waals surface area contributed by atoms with Crippen molar-refractivity contribution in [3.8, 4) is 0 Å². The first kappa shape index (κ1) is 88.9. The number of unbranched alkanes of at least 4 members (excludes halogenated alkanes) is 54. The number of carbonyl (C=O) groups excluding carboxylic acids is 2. The van der Waals surface area contributed by atoms with Crippen molar-refractivity contribution in [2.45, 2.75) is 461 Å². The Balaban J connectivity index is 2.49. The number of amides is 1. The summed E-state index contributed by atoms with van der Waals surface area (Å²) in [7, 11) is 0. The van der Waals surface area contributed by atoms with E-state index in [1.165, 1.54) is 308 Å². The van der Waals surface area contributed by atoms with Crippen molar-refractivity contribution >= 4 is 11.9 Å². The molecule has 11 heteroatoms. The van der Waals surface area contributed by atoms with Crippen LogP contribution in [0.2, 0.25) is 0 Å². The van der Waals surface area contributed by atoms with Crippen LogP contribution in [0.4, 0.5) is 0 Å². The molecule has 8 unspecified atom stereocenters. The fraction of sp³-hybridized carbons (Fsp3) is 0.902. The maximum Gasteiger partial charge on any atom is 0.306 e. The van der Waals surface area contributed by atoms with Gasteiger partial charge in [-0.15, -0.1) is 0 Å². The van der Waals surface area contributed by atoms with Crippen LogP contribution in [0.1, 0.15) is 412 Å². The summed E-state index contributed by atoms with van der Waals surface area (Å²) >= 11 is 0. The number of ether oxygens (including phenoxy) is 3. The van der Waals surface area contributed by atoms with Crippen LogP contribution in [0.25, 0.3) is 0 Å². The molecule has 1 heterocycles. The summed E-state index contributed by atoms with van der Waals surface area (Å²) in [5.74, 6) is -1.17. The van der Waals surface area contributed by atoms with E-state index in [4.69, 9.17) is 14.2 Å². The number of hydrogen-bond donors (Lipinski definition) is 6. The number of rotatable bonds is 72. The Kier molecular flexibility index (Phi) is 66.7. The van der Waals surface area contributed by atoms with Crippen molar-refractivity contribution in [3.05, 3.63) is 36.5 Å². The second-order valence-corrected chi connectivity index (χ2v) is 28.5. The molecule has 0 aliphatic carbocycles. The molecule has 1 fully saturated rings. The molecule has 0 aromatic rings. The molecule has 1 saturated heterocycles. The number of nitrogens with one attached hydrogen (secondary N) is 1. The minimum absolute atomic E-state index is 0.129. The van der Waals surface area contributed by atoms with Gasteiger partial charge in [-0.05, 0) is 77.0 Å². The van der Waals surface area contributed by atoms with Gasteiger partial charge in [0.2, 0.25) is 5.91 Å². The molecule has 0 spiro atoms. The van der Waals surface area contributed by atoms with Crippen molar-refractivity contribution < 1.29 is 49.3 Å². The molecular formula is C82H155NO10. The summed E-state index contributed by atoms with van der Waals surface area (Å²) in [6.45, 7) is 5.87. The van der Waals surface area contributed by atoms with Gasteiger partial charge in [0.25, 0.3) is 0 Å². The summed E-state index contributed by atoms with van der Waals surface area (Å²) in [6.07, 6.45) is 77.8. The Bertz CT molecular complexity index is 1660. The highest BCUT2D eigenvalue weighted by Crippen LogP contribution is 2.27. The lowest BCUT2D eigenvalue weighted by atomic mass is 9.99. The Morgan fingerprint density at radius 2 is 0.710 bits per heavy atom. The smallest absolute Gasteiger partial charge is 0.306 e. The fourth-order valence-electron chi connectivity index (χ4n) is 13.1. The highest BCUT2D eigenvalue weighted by Gasteiger charge is 2.47. The zero-order valence-electron chi connectivity index (χ0n) is 61.4. The van der Waals surface area contributed by atoms with E-state index in [0.717, 1.165) is 57.8 Å². The first-order valence-electron chi connectivity index (χ1n) is 40.8. The molecule has 0 aromatic heterocycles. The van der Waals surface area contributed by atoms with Gasteiger partial charge in [0, 0.05) is 6.42 Å². The summed E-state index contributed by atoms with van der Waals surface area (Å²) < 4.78 is 17.8. The number of carbonyl (C=O) groups is 2. The van der Waals surface area contributed by atoms with Crippen molar-refractivity contribution in [1.82, 2.24) is 5.32 Å². The molecule has 93 heavy (non-hydrogen) atoms. The monoisotopic (exact) mass is 1310 g/mol. The molecule has 1 rings (SSSR count). The van der Waals surface area contributed by atoms with E-state index in [9.17, 15) is 35.1 Å². The molecule has 0 radical (unpaired) electrons. The van der Waals surface area contributed by atoms with Gasteiger partial charge >= 0.3 is 5.97 Å². The van der Waals surface area contributed by atoms with E-state index >= 15 is 0 Å². The van der Waals surface area contributed by atoms with Crippen LogP contribution in [0.3, 0.4) is 0 Å². The Morgan fingerprint density at radius 1 is 0.409 bits per heavy atom. The van der Waals surface area contributed by atoms with Gasteiger partial charge in [-0.3, -0.25) is 9.59 Å². The molecule has 548 valence electrons. The average molecular weight is 1320 g/mol. The highest BCUT2D eigenvalue weighted by atomic mass is 16.7. The number of allylic oxidation sites excluding steroid dienone is 5. The van der Waals surface area contributed by atoms with Crippen LogP contribution >= 0.6 is 0 Å². The van der Waals surface area contributed by atoms with Crippen LogP contribution < -0.4 is 5.32 Å². The lowest BCUT2D eigenvalue weighted by Crippen LogP contribution is -2.61. The van der Waals surface area contributed by atoms with Gasteiger partial charge < -0.3 is 45.1 Å². The van der Waals surface area contributed by atoms with Gasteiger partial charge in [0.1, 0.15) is 24.4 Å². The molecule has 0 saturated carbocycles. The van der Waals surface area contributed by atoms with E-state index < -0.39 is 67.4 Å². The SMILES string of the molecule is CCCCCCCC/C=C/CCCCCCCCCCCCCCCCCCC(O)C(=O)NC(COC1OC(CO)C(O)C(O)C1OC(=O)CCCCCCCCCCCCCCCCC/C=C/CCCCCCCC)C(O)/C=C/CCCCCCCCCCCCC. The van der Waals surface area contributed by atoms with Crippen LogP contribution in [-0.2, 0) is 23.8 Å². The van der Waals surface area contributed by atoms with E-state index in [1.807, 2.05) is 6.08 Å². The van der Waals surface area contributed by atoms with E-state index in [0.29, 0.717) is 19.3 Å². The number of esters is 1. The Hall–Kier alpha value is -2.12. The standard InChI is InChI=1S/C82H155NO10/c1-4-7-10-13-16-19-22-25-27-29-31-33-35-37-39-40-42-44-46-48-51-54-57-60-63-66-69-75(86)81(90)83-73(74(85)68-65-62-59-56-53-50-24-21-18-15-12-9-6-3)72-91-82-80(79(89)78(88)76(71-84)92-82)93-77(87)70-67-64-61-58-55-52-49-47-45-43-41-38-36-34-32-30-28-26-23-20-17-14-11-8-5-2/h25-28,65,68,73-76,78-80,82,84-86,88-89H,4-24,29-64,66-67,69-72H2,1-3H3,(H,83,90)/b27-25+,28-26+,68-65+. The van der Waals surface area contributed by atoms with Gasteiger partial charge in [-0.1, -0.05) is 365 Å². The van der Waals surface area contributed by atoms with Gasteiger partial charge in [0.15, 0.2) is 12.4 Å². The second-order valence-electron chi connectivity index (χ2n) is 28.5. The normalized spacial score (nSPS) is 18.0. The van der Waals surface area contributed by atoms with Crippen LogP contribution in [-0.4, -0.2) is 99.6 Å². The average Bonchev–Trinajstić information content (AvgIpc) is 0.910. The minimum atomic E-state index is -1.61. The first-order valence-corrected chi connectivity index (χ1v) is 40.8. The van der Waals surface area contributed by atoms with Gasteiger partial charge in [-0.2, -0.15) is 0 Å². The van der Waals surface area contributed by atoms with Gasteiger partial charge in [0.05, 0.1) is 25.4 Å². The number of aliphatic hydroxyl groups excluding tert-OH is 5. The fourth-order valence-corrected chi connectivity index (χ4v) is 13.1. The highest BCUT2D eigenvalue weighted by molar-refractivity contribution is 5.80. The van der Waals surface area contributed by atoms with Gasteiger partial charge in [-0.25, -0.2) is 0 Å². The molecule has 1 aliphatic heterocycles. The topological polar surface area (TPSA) is 175 Å². The van der Waals surface area contributed by atoms with Crippen molar-refractivity contribution in [1.29, 1.82) is 0 Å². The Labute approximate surface area is 574 Å². The zero-order valence-corrected chi connectivity index (χ0v) is 61.4. The van der Waals surface area contributed by atoms with Crippen molar-refractivity contribution in [3.63, 3.8) is 0 Å². The molecule has 0 aromatic carbocycles. The molecule has 6 N–H and O–H groups in total. The minimum Gasteiger partial charge on any atom is -0.454 e. The second kappa shape index (κ2) is 69.8. The molecule has 11 nitrogen and oxygen atoms in total. The molecule has 0 bridgehead atoms. The lowest BCUT2D eigenvalue weighted by Gasteiger charge is -2.41. The third-order valence-electron chi connectivity index (χ3n) is 19.5. The third kappa shape index (κ3) is 56.5. The first-order chi connectivity index (χ1) is 45.7. The van der Waals surface area contributed by atoms with Crippen LogP contribution in [0, 0.1) is 0 Å². The lowest BCUT2D eigenvalue weighted by molar-refractivity contribution is -0.305. The van der Waals surface area contributed by atoms with Crippen LogP contribution in [0.5, 0.6) is 0 Å². The van der Waals surface area contributed by atoms with Crippen LogP contribution in [0.15, 0.2) is 36.5 Å². The van der Waals surface area contributed by atoms with E-state index in [2.05, 4.69) is 50.4 Å².